The van der Waals surface area contributed by atoms with Crippen molar-refractivity contribution < 1.29 is 41.4 Å². The van der Waals surface area contributed by atoms with E-state index in [1.807, 2.05) is 24.3 Å². The summed E-state index contributed by atoms with van der Waals surface area (Å²) in [6, 6.07) is 7.34. The Bertz CT molecular complexity index is 1370. The summed E-state index contributed by atoms with van der Waals surface area (Å²) in [5, 5.41) is 11.4. The minimum Gasteiger partial charge on any atom is -0.463 e. The second-order valence-corrected chi connectivity index (χ2v) is 12.1. The van der Waals surface area contributed by atoms with Crippen LogP contribution < -0.4 is 0 Å². The topological polar surface area (TPSA) is 63.6 Å². The molecule has 9 heteroatoms. The fraction of sp³-hybridized carbons (Fsp3) is 0.515. The van der Waals surface area contributed by atoms with Gasteiger partial charge in [-0.25, -0.2) is 4.79 Å². The van der Waals surface area contributed by atoms with Crippen LogP contribution >= 0.6 is 0 Å². The van der Waals surface area contributed by atoms with Crippen molar-refractivity contribution in [2.75, 3.05) is 6.61 Å². The van der Waals surface area contributed by atoms with Crippen LogP contribution in [-0.2, 0) is 14.3 Å². The first kappa shape index (κ1) is 30.4. The number of ether oxygens (including phenoxy) is 1. The lowest BCUT2D eigenvalue weighted by molar-refractivity contribution is -0.362. The van der Waals surface area contributed by atoms with Gasteiger partial charge in [-0.1, -0.05) is 55.0 Å². The Morgan fingerprint density at radius 1 is 1.07 bits per heavy atom. The first-order valence-corrected chi connectivity index (χ1v) is 14.5. The normalized spacial score (nSPS) is 31.7. The maximum atomic E-state index is 15.1. The highest BCUT2D eigenvalue weighted by molar-refractivity contribution is 5.93. The van der Waals surface area contributed by atoms with Gasteiger partial charge in [0.2, 0.25) is 0 Å². The Hall–Kier alpha value is -3.07. The standard InChI is InChI=1S/C33H35F5O4/c1-3-42-28(40)7-5-4-6-20-8-10-21(11-9-20)26-19-30(2)27(16-17-31(30,41)32(34,35)33(36,37)38)25-14-12-22-18-23(39)13-15-24(22)29(25)26/h4-11,18,25-27,41H,3,12-17,19H2,1-2H3/b6-4+,7-5+/t25-,26+,27-,30-,31-/m0/s1. The number of carbonyl (C=O) groups is 2. The molecule has 4 aliphatic carbocycles. The van der Waals surface area contributed by atoms with Crippen molar-refractivity contribution in [3.63, 3.8) is 0 Å². The van der Waals surface area contributed by atoms with Crippen LogP contribution in [0.25, 0.3) is 6.08 Å². The van der Waals surface area contributed by atoms with E-state index >= 15 is 8.78 Å². The Labute approximate surface area is 242 Å². The number of allylic oxidation sites excluding steroid dienone is 6. The van der Waals surface area contributed by atoms with E-state index in [2.05, 4.69) is 0 Å². The summed E-state index contributed by atoms with van der Waals surface area (Å²) in [7, 11) is 0. The minimum atomic E-state index is -5.88. The number of hydrogen-bond donors (Lipinski definition) is 1. The molecule has 0 aromatic heterocycles. The zero-order valence-corrected chi connectivity index (χ0v) is 23.6. The number of halogens is 5. The molecular formula is C33H35F5O4. The van der Waals surface area contributed by atoms with E-state index < -0.39 is 47.3 Å². The molecule has 5 atom stereocenters. The van der Waals surface area contributed by atoms with Gasteiger partial charge in [-0.3, -0.25) is 4.79 Å². The molecule has 226 valence electrons. The number of carbonyl (C=O) groups excluding carboxylic acids is 2. The maximum Gasteiger partial charge on any atom is 0.456 e. The van der Waals surface area contributed by atoms with Crippen molar-refractivity contribution in [3.05, 3.63) is 76.4 Å². The van der Waals surface area contributed by atoms with Crippen LogP contribution in [0.1, 0.15) is 75.8 Å². The van der Waals surface area contributed by atoms with Gasteiger partial charge in [-0.05, 0) is 85.6 Å². The first-order chi connectivity index (χ1) is 19.7. The van der Waals surface area contributed by atoms with Crippen molar-refractivity contribution in [1.29, 1.82) is 0 Å². The van der Waals surface area contributed by atoms with E-state index in [4.69, 9.17) is 4.74 Å². The molecule has 0 saturated heterocycles. The van der Waals surface area contributed by atoms with Gasteiger partial charge in [0.1, 0.15) is 5.60 Å². The lowest BCUT2D eigenvalue weighted by atomic mass is 9.50. The van der Waals surface area contributed by atoms with Gasteiger partial charge < -0.3 is 9.84 Å². The zero-order valence-electron chi connectivity index (χ0n) is 23.6. The average Bonchev–Trinajstić information content (AvgIpc) is 3.21. The molecule has 0 unspecified atom stereocenters. The number of rotatable bonds is 6. The lowest BCUT2D eigenvalue weighted by Crippen LogP contribution is -2.65. The van der Waals surface area contributed by atoms with Crippen LogP contribution in [0.4, 0.5) is 22.0 Å². The van der Waals surface area contributed by atoms with E-state index in [-0.39, 0.29) is 31.1 Å². The molecule has 2 saturated carbocycles. The summed E-state index contributed by atoms with van der Waals surface area (Å²) >= 11 is 0. The number of fused-ring (bicyclic) bond motifs is 4. The molecule has 42 heavy (non-hydrogen) atoms. The van der Waals surface area contributed by atoms with Crippen LogP contribution in [0.15, 0.2) is 65.3 Å². The third-order valence-electron chi connectivity index (χ3n) is 10.0. The van der Waals surface area contributed by atoms with Gasteiger partial charge in [0.15, 0.2) is 5.78 Å². The predicted molar refractivity (Wildman–Crippen MR) is 147 cm³/mol. The third-order valence-corrected chi connectivity index (χ3v) is 10.0. The SMILES string of the molecule is CCOC(=O)/C=C/C=C/c1ccc([C@H]2C[C@@]3(C)[C@@H](CC[C@@]3(O)C(F)(F)C(F)(F)F)[C@@H]3CCC4=CC(=O)CCC4=C32)cc1. The molecule has 0 radical (unpaired) electrons. The molecule has 0 spiro atoms. The number of aliphatic hydroxyl groups is 1. The smallest absolute Gasteiger partial charge is 0.456 e. The van der Waals surface area contributed by atoms with Gasteiger partial charge in [0.25, 0.3) is 0 Å². The fourth-order valence-electron chi connectivity index (χ4n) is 8.04. The number of ketones is 1. The van der Waals surface area contributed by atoms with Crippen molar-refractivity contribution in [2.45, 2.75) is 82.4 Å². The first-order valence-electron chi connectivity index (χ1n) is 14.5. The molecule has 0 amide bonds. The molecule has 2 fully saturated rings. The van der Waals surface area contributed by atoms with Gasteiger partial charge in [-0.2, -0.15) is 22.0 Å². The number of hydrogen-bond acceptors (Lipinski definition) is 4. The lowest BCUT2D eigenvalue weighted by Gasteiger charge is -2.56. The quantitative estimate of drug-likeness (QED) is 0.160. The van der Waals surface area contributed by atoms with Crippen molar-refractivity contribution >= 4 is 17.8 Å². The van der Waals surface area contributed by atoms with Crippen LogP contribution in [0.3, 0.4) is 0 Å². The van der Waals surface area contributed by atoms with Crippen LogP contribution in [0, 0.1) is 17.3 Å². The number of esters is 1. The van der Waals surface area contributed by atoms with E-state index in [1.165, 1.54) is 13.0 Å². The highest BCUT2D eigenvalue weighted by atomic mass is 19.4. The summed E-state index contributed by atoms with van der Waals surface area (Å²) in [5.74, 6) is -6.97. The molecule has 0 heterocycles. The van der Waals surface area contributed by atoms with E-state index in [0.717, 1.165) is 27.8 Å². The Kier molecular flexibility index (Phi) is 7.88. The summed E-state index contributed by atoms with van der Waals surface area (Å²) < 4.78 is 76.3. The van der Waals surface area contributed by atoms with E-state index in [9.17, 15) is 27.9 Å². The summed E-state index contributed by atoms with van der Waals surface area (Å²) in [6.45, 7) is 3.40. The van der Waals surface area contributed by atoms with Crippen LogP contribution in [0.5, 0.6) is 0 Å². The molecule has 0 bridgehead atoms. The second-order valence-electron chi connectivity index (χ2n) is 12.1. The molecule has 1 N–H and O–H groups in total. The zero-order chi connectivity index (χ0) is 30.5. The van der Waals surface area contributed by atoms with Gasteiger partial charge >= 0.3 is 18.1 Å². The van der Waals surface area contributed by atoms with Crippen molar-refractivity contribution in [3.8, 4) is 0 Å². The highest BCUT2D eigenvalue weighted by Gasteiger charge is 2.79. The summed E-state index contributed by atoms with van der Waals surface area (Å²) in [4.78, 5) is 23.7. The Morgan fingerprint density at radius 2 is 1.79 bits per heavy atom. The molecule has 4 aliphatic rings. The maximum absolute atomic E-state index is 15.1. The molecular weight excluding hydrogens is 555 g/mol. The van der Waals surface area contributed by atoms with Crippen molar-refractivity contribution in [1.82, 2.24) is 0 Å². The van der Waals surface area contributed by atoms with Gasteiger partial charge in [0.05, 0.1) is 6.61 Å². The van der Waals surface area contributed by atoms with Crippen LogP contribution in [-0.4, -0.2) is 41.2 Å². The van der Waals surface area contributed by atoms with E-state index in [1.54, 1.807) is 31.2 Å². The largest absolute Gasteiger partial charge is 0.463 e. The van der Waals surface area contributed by atoms with Crippen molar-refractivity contribution in [2.24, 2.45) is 17.3 Å². The van der Waals surface area contributed by atoms with E-state index in [0.29, 0.717) is 25.7 Å². The fourth-order valence-corrected chi connectivity index (χ4v) is 8.04. The molecule has 1 aromatic carbocycles. The highest BCUT2D eigenvalue weighted by Crippen LogP contribution is 2.70. The number of benzene rings is 1. The average molecular weight is 591 g/mol. The third kappa shape index (κ3) is 4.87. The van der Waals surface area contributed by atoms with Crippen LogP contribution in [0.2, 0.25) is 0 Å². The van der Waals surface area contributed by atoms with Gasteiger partial charge in [-0.15, -0.1) is 0 Å². The Morgan fingerprint density at radius 3 is 2.45 bits per heavy atom. The minimum absolute atomic E-state index is 0.0400. The summed E-state index contributed by atoms with van der Waals surface area (Å²) in [6.07, 6.45) is 3.42. The second kappa shape index (κ2) is 10.9. The molecule has 1 aromatic rings. The summed E-state index contributed by atoms with van der Waals surface area (Å²) in [5.41, 5.74) is -0.351. The number of alkyl halides is 5. The molecule has 0 aliphatic heterocycles. The Balaban J connectivity index is 1.55. The van der Waals surface area contributed by atoms with Gasteiger partial charge in [0, 0.05) is 23.8 Å². The molecule has 5 rings (SSSR count). The predicted octanol–water partition coefficient (Wildman–Crippen LogP) is 7.65. The molecule has 4 nitrogen and oxygen atoms in total. The monoisotopic (exact) mass is 590 g/mol.